The molecule has 3 rings (SSSR count). The zero-order valence-corrected chi connectivity index (χ0v) is 11.0. The maximum absolute atomic E-state index is 10.5. The first-order chi connectivity index (χ1) is 9.46. The molecule has 7 N–H and O–H groups in total. The standard InChI is InChI=1S/C13H18N4O3/c1-13(20)11(17-8(5-18)12(13)19)6-4-16-10-7(14)2-3-15-9(6)10/h2-4,8,11-12,16-20H,5H2,1H3,(H2,14,15)/t8-,11+,12-,13+/m1/s1. The van der Waals surface area contributed by atoms with Crippen LogP contribution in [0.5, 0.6) is 0 Å². The van der Waals surface area contributed by atoms with Crippen LogP contribution in [0.15, 0.2) is 18.5 Å². The number of rotatable bonds is 2. The lowest BCUT2D eigenvalue weighted by molar-refractivity contribution is -0.0575. The minimum absolute atomic E-state index is 0.258. The molecule has 3 heterocycles. The van der Waals surface area contributed by atoms with Gasteiger partial charge in [0.15, 0.2) is 0 Å². The van der Waals surface area contributed by atoms with Crippen LogP contribution in [0, 0.1) is 0 Å². The van der Waals surface area contributed by atoms with E-state index in [0.29, 0.717) is 22.3 Å². The van der Waals surface area contributed by atoms with Gasteiger partial charge in [-0.25, -0.2) is 0 Å². The fourth-order valence-corrected chi connectivity index (χ4v) is 2.89. The average molecular weight is 278 g/mol. The first-order valence-electron chi connectivity index (χ1n) is 6.45. The number of hydrogen-bond acceptors (Lipinski definition) is 6. The Bertz CT molecular complexity index is 640. The minimum Gasteiger partial charge on any atom is -0.397 e. The molecule has 20 heavy (non-hydrogen) atoms. The van der Waals surface area contributed by atoms with Gasteiger partial charge in [-0.2, -0.15) is 0 Å². The van der Waals surface area contributed by atoms with Gasteiger partial charge in [0.25, 0.3) is 0 Å². The highest BCUT2D eigenvalue weighted by molar-refractivity contribution is 5.89. The number of hydrogen-bond donors (Lipinski definition) is 6. The Morgan fingerprint density at radius 3 is 2.90 bits per heavy atom. The van der Waals surface area contributed by atoms with Crippen LogP contribution in [-0.4, -0.2) is 49.6 Å². The summed E-state index contributed by atoms with van der Waals surface area (Å²) in [5.74, 6) is 0. The molecule has 2 aromatic heterocycles. The van der Waals surface area contributed by atoms with Crippen molar-refractivity contribution in [3.05, 3.63) is 24.0 Å². The third-order valence-electron chi connectivity index (χ3n) is 4.08. The first kappa shape index (κ1) is 13.3. The maximum atomic E-state index is 10.5. The molecule has 0 amide bonds. The lowest BCUT2D eigenvalue weighted by atomic mass is 9.89. The second-order valence-electron chi connectivity index (χ2n) is 5.43. The van der Waals surface area contributed by atoms with Crippen molar-refractivity contribution in [2.45, 2.75) is 30.7 Å². The van der Waals surface area contributed by atoms with E-state index in [-0.39, 0.29) is 6.61 Å². The Hall–Kier alpha value is -1.67. The summed E-state index contributed by atoms with van der Waals surface area (Å²) in [4.78, 5) is 7.32. The fourth-order valence-electron chi connectivity index (χ4n) is 2.89. The predicted octanol–water partition coefficient (Wildman–Crippen LogP) is -0.738. The van der Waals surface area contributed by atoms with Gasteiger partial charge >= 0.3 is 0 Å². The third-order valence-corrected chi connectivity index (χ3v) is 4.08. The van der Waals surface area contributed by atoms with E-state index < -0.39 is 23.8 Å². The van der Waals surface area contributed by atoms with Crippen LogP contribution in [0.1, 0.15) is 18.5 Å². The molecule has 0 bridgehead atoms. The highest BCUT2D eigenvalue weighted by Gasteiger charge is 2.51. The summed E-state index contributed by atoms with van der Waals surface area (Å²) in [5.41, 5.74) is 7.09. The Morgan fingerprint density at radius 2 is 2.25 bits per heavy atom. The van der Waals surface area contributed by atoms with Gasteiger partial charge in [-0.15, -0.1) is 0 Å². The van der Waals surface area contributed by atoms with Crippen molar-refractivity contribution in [3.63, 3.8) is 0 Å². The summed E-state index contributed by atoms with van der Waals surface area (Å²) in [6, 6.07) is 0.563. The van der Waals surface area contributed by atoms with Gasteiger partial charge in [0.05, 0.1) is 35.4 Å². The van der Waals surface area contributed by atoms with E-state index in [9.17, 15) is 15.3 Å². The van der Waals surface area contributed by atoms with Crippen LogP contribution in [0.3, 0.4) is 0 Å². The van der Waals surface area contributed by atoms with Gasteiger partial charge in [0.2, 0.25) is 0 Å². The topological polar surface area (TPSA) is 127 Å². The molecule has 0 aromatic carbocycles. The van der Waals surface area contributed by atoms with Gasteiger partial charge in [0.1, 0.15) is 11.7 Å². The molecule has 108 valence electrons. The van der Waals surface area contributed by atoms with Crippen LogP contribution in [0.4, 0.5) is 5.69 Å². The molecule has 1 saturated heterocycles. The molecular weight excluding hydrogens is 260 g/mol. The van der Waals surface area contributed by atoms with E-state index in [1.54, 1.807) is 18.5 Å². The fraction of sp³-hybridized carbons (Fsp3) is 0.462. The van der Waals surface area contributed by atoms with Crippen molar-refractivity contribution in [1.82, 2.24) is 15.3 Å². The first-order valence-corrected chi connectivity index (χ1v) is 6.45. The predicted molar refractivity (Wildman–Crippen MR) is 73.9 cm³/mol. The summed E-state index contributed by atoms with van der Waals surface area (Å²) < 4.78 is 0. The lowest BCUT2D eigenvalue weighted by Crippen LogP contribution is -2.43. The number of aromatic amines is 1. The molecule has 1 aliphatic rings. The number of aliphatic hydroxyl groups excluding tert-OH is 2. The summed E-state index contributed by atoms with van der Waals surface area (Å²) >= 11 is 0. The van der Waals surface area contributed by atoms with Gasteiger partial charge in [-0.3, -0.25) is 10.3 Å². The number of fused-ring (bicyclic) bond motifs is 1. The van der Waals surface area contributed by atoms with Crippen molar-refractivity contribution in [2.75, 3.05) is 12.3 Å². The summed E-state index contributed by atoms with van der Waals surface area (Å²) in [6.07, 6.45) is 2.24. The highest BCUT2D eigenvalue weighted by Crippen LogP contribution is 2.39. The molecule has 0 aliphatic carbocycles. The average Bonchev–Trinajstić information content (AvgIpc) is 2.92. The molecular formula is C13H18N4O3. The number of nitrogen functional groups attached to an aromatic ring is 1. The number of pyridine rings is 1. The zero-order valence-electron chi connectivity index (χ0n) is 11.0. The molecule has 2 aromatic rings. The van der Waals surface area contributed by atoms with Crippen molar-refractivity contribution in [3.8, 4) is 0 Å². The van der Waals surface area contributed by atoms with Crippen LogP contribution >= 0.6 is 0 Å². The number of anilines is 1. The Balaban J connectivity index is 2.10. The number of H-pyrrole nitrogens is 1. The lowest BCUT2D eigenvalue weighted by Gasteiger charge is -2.27. The number of aromatic nitrogens is 2. The van der Waals surface area contributed by atoms with Crippen molar-refractivity contribution in [1.29, 1.82) is 0 Å². The molecule has 7 nitrogen and oxygen atoms in total. The smallest absolute Gasteiger partial charge is 0.109 e. The van der Waals surface area contributed by atoms with Crippen LogP contribution in [-0.2, 0) is 0 Å². The van der Waals surface area contributed by atoms with E-state index in [2.05, 4.69) is 15.3 Å². The summed E-state index contributed by atoms with van der Waals surface area (Å²) in [5, 5.41) is 32.9. The number of nitrogens with one attached hydrogen (secondary N) is 2. The monoisotopic (exact) mass is 278 g/mol. The van der Waals surface area contributed by atoms with Crippen LogP contribution in [0.25, 0.3) is 11.0 Å². The molecule has 0 radical (unpaired) electrons. The molecule has 4 atom stereocenters. The second kappa shape index (κ2) is 4.42. The van der Waals surface area contributed by atoms with Gasteiger partial charge < -0.3 is 26.0 Å². The van der Waals surface area contributed by atoms with E-state index >= 15 is 0 Å². The Labute approximate surface area is 115 Å². The zero-order chi connectivity index (χ0) is 14.5. The maximum Gasteiger partial charge on any atom is 0.109 e. The number of nitrogens with two attached hydrogens (primary N) is 1. The van der Waals surface area contributed by atoms with Crippen LogP contribution < -0.4 is 11.1 Å². The van der Waals surface area contributed by atoms with Crippen molar-refractivity contribution < 1.29 is 15.3 Å². The van der Waals surface area contributed by atoms with E-state index in [0.717, 1.165) is 0 Å². The normalized spacial score (nSPS) is 33.9. The van der Waals surface area contributed by atoms with E-state index in [1.165, 1.54) is 6.92 Å². The van der Waals surface area contributed by atoms with Gasteiger partial charge in [-0.05, 0) is 13.0 Å². The highest BCUT2D eigenvalue weighted by atomic mass is 16.3. The van der Waals surface area contributed by atoms with Gasteiger partial charge in [-0.1, -0.05) is 0 Å². The second-order valence-corrected chi connectivity index (χ2v) is 5.43. The number of nitrogens with zero attached hydrogens (tertiary/aromatic N) is 1. The largest absolute Gasteiger partial charge is 0.397 e. The van der Waals surface area contributed by atoms with Crippen LogP contribution in [0.2, 0.25) is 0 Å². The minimum atomic E-state index is -1.41. The Morgan fingerprint density at radius 1 is 1.50 bits per heavy atom. The molecule has 1 fully saturated rings. The van der Waals surface area contributed by atoms with Gasteiger partial charge in [0, 0.05) is 18.0 Å². The van der Waals surface area contributed by atoms with E-state index in [4.69, 9.17) is 5.73 Å². The summed E-state index contributed by atoms with van der Waals surface area (Å²) in [7, 11) is 0. The number of aliphatic hydroxyl groups is 3. The molecule has 0 saturated carbocycles. The quantitative estimate of drug-likeness (QED) is 0.429. The third kappa shape index (κ3) is 1.71. The van der Waals surface area contributed by atoms with Crippen molar-refractivity contribution >= 4 is 16.7 Å². The Kier molecular flexibility index (Phi) is 2.94. The molecule has 7 heteroatoms. The summed E-state index contributed by atoms with van der Waals surface area (Å²) in [6.45, 7) is 1.28. The molecule has 1 aliphatic heterocycles. The molecule has 0 unspecified atom stereocenters. The molecule has 0 spiro atoms. The van der Waals surface area contributed by atoms with E-state index in [1.807, 2.05) is 0 Å². The van der Waals surface area contributed by atoms with Crippen molar-refractivity contribution in [2.24, 2.45) is 0 Å². The SMILES string of the molecule is C[C@@]1(O)[C@H](O)[C@@H](CO)N[C@H]1c1c[nH]c2c(N)ccnc12.